The molecule has 1 N–H and O–H groups in total. The van der Waals surface area contributed by atoms with Crippen LogP contribution in [0.4, 0.5) is 10.5 Å². The van der Waals surface area contributed by atoms with Crippen molar-refractivity contribution < 1.29 is 9.59 Å². The molecule has 0 aliphatic carbocycles. The van der Waals surface area contributed by atoms with E-state index < -0.39 is 0 Å². The fourth-order valence-corrected chi connectivity index (χ4v) is 4.26. The molecule has 1 saturated heterocycles. The number of aryl methyl sites for hydroxylation is 1. The molecule has 0 radical (unpaired) electrons. The average Bonchev–Trinajstić information content (AvgIpc) is 2.75. The molecule has 1 fully saturated rings. The van der Waals surface area contributed by atoms with Gasteiger partial charge in [-0.3, -0.25) is 4.79 Å². The van der Waals surface area contributed by atoms with Gasteiger partial charge in [-0.05, 0) is 49.2 Å². The minimum Gasteiger partial charge on any atom is -0.335 e. The van der Waals surface area contributed by atoms with E-state index in [2.05, 4.69) is 31.3 Å². The summed E-state index contributed by atoms with van der Waals surface area (Å²) in [6.45, 7) is 8.59. The summed E-state index contributed by atoms with van der Waals surface area (Å²) in [6.07, 6.45) is 1.13. The second-order valence-corrected chi connectivity index (χ2v) is 8.90. The smallest absolute Gasteiger partial charge is 0.321 e. The highest BCUT2D eigenvalue weighted by molar-refractivity contribution is 7.99. The lowest BCUT2D eigenvalue weighted by molar-refractivity contribution is 0.0671. The monoisotopic (exact) mass is 411 g/mol. The quantitative estimate of drug-likeness (QED) is 0.714. The molecule has 6 heteroatoms. The van der Waals surface area contributed by atoms with E-state index >= 15 is 0 Å². The molecule has 1 unspecified atom stereocenters. The van der Waals surface area contributed by atoms with Crippen LogP contribution in [-0.4, -0.2) is 53.2 Å². The van der Waals surface area contributed by atoms with Crippen LogP contribution in [0.5, 0.6) is 0 Å². The molecule has 0 aromatic heterocycles. The molecule has 0 bridgehead atoms. The van der Waals surface area contributed by atoms with Gasteiger partial charge in [-0.1, -0.05) is 32.0 Å². The first-order chi connectivity index (χ1) is 14.0. The van der Waals surface area contributed by atoms with Crippen LogP contribution in [0.3, 0.4) is 0 Å². The molecule has 1 atom stereocenters. The predicted octanol–water partition coefficient (Wildman–Crippen LogP) is 4.88. The van der Waals surface area contributed by atoms with Crippen molar-refractivity contribution in [2.24, 2.45) is 0 Å². The molecule has 29 heavy (non-hydrogen) atoms. The van der Waals surface area contributed by atoms with E-state index in [1.165, 1.54) is 4.90 Å². The molecule has 2 aromatic carbocycles. The molecular weight excluding hydrogens is 382 g/mol. The van der Waals surface area contributed by atoms with Crippen LogP contribution in [-0.2, 0) is 0 Å². The third-order valence-electron chi connectivity index (χ3n) is 5.23. The number of anilines is 1. The maximum Gasteiger partial charge on any atom is 0.321 e. The lowest BCUT2D eigenvalue weighted by Crippen LogP contribution is -2.51. The Hall–Kier alpha value is -2.47. The van der Waals surface area contributed by atoms with Crippen molar-refractivity contribution in [3.8, 4) is 0 Å². The fraction of sp³-hybridized carbons (Fsp3) is 0.391. The molecule has 1 aliphatic heterocycles. The maximum atomic E-state index is 12.7. The van der Waals surface area contributed by atoms with Gasteiger partial charge in [0.1, 0.15) is 0 Å². The second-order valence-electron chi connectivity index (χ2n) is 7.39. The van der Waals surface area contributed by atoms with Crippen molar-refractivity contribution in [1.82, 2.24) is 9.80 Å². The topological polar surface area (TPSA) is 52.7 Å². The number of rotatable bonds is 5. The SMILES string of the molecule is CCC(C)Sc1ccc(NC(=O)N2CCN(C(=O)c3ccccc3)CC2)c(C)c1. The lowest BCUT2D eigenvalue weighted by atomic mass is 10.2. The highest BCUT2D eigenvalue weighted by atomic mass is 32.2. The number of amides is 3. The van der Waals surface area contributed by atoms with Crippen LogP contribution < -0.4 is 5.32 Å². The number of urea groups is 1. The first-order valence-corrected chi connectivity index (χ1v) is 11.0. The number of nitrogens with zero attached hydrogens (tertiary/aromatic N) is 2. The van der Waals surface area contributed by atoms with Gasteiger partial charge >= 0.3 is 6.03 Å². The summed E-state index contributed by atoms with van der Waals surface area (Å²) < 4.78 is 0. The molecule has 2 aromatic rings. The van der Waals surface area contributed by atoms with Gasteiger partial charge in [-0.15, -0.1) is 11.8 Å². The second kappa shape index (κ2) is 9.83. The molecule has 3 amide bonds. The molecular formula is C23H29N3O2S. The van der Waals surface area contributed by atoms with Crippen molar-refractivity contribution in [3.63, 3.8) is 0 Å². The van der Waals surface area contributed by atoms with Gasteiger partial charge in [0.25, 0.3) is 5.91 Å². The zero-order chi connectivity index (χ0) is 20.8. The van der Waals surface area contributed by atoms with Crippen LogP contribution in [0.15, 0.2) is 53.4 Å². The molecule has 1 heterocycles. The van der Waals surface area contributed by atoms with Gasteiger partial charge < -0.3 is 15.1 Å². The Morgan fingerprint density at radius 3 is 2.31 bits per heavy atom. The van der Waals surface area contributed by atoms with E-state index in [-0.39, 0.29) is 11.9 Å². The molecule has 0 saturated carbocycles. The van der Waals surface area contributed by atoms with Crippen molar-refractivity contribution in [1.29, 1.82) is 0 Å². The Labute approximate surface area is 177 Å². The minimum absolute atomic E-state index is 0.0240. The summed E-state index contributed by atoms with van der Waals surface area (Å²) in [4.78, 5) is 30.0. The van der Waals surface area contributed by atoms with Crippen molar-refractivity contribution in [3.05, 3.63) is 59.7 Å². The highest BCUT2D eigenvalue weighted by Crippen LogP contribution is 2.28. The molecule has 0 spiro atoms. The van der Waals surface area contributed by atoms with Gasteiger partial charge in [0.15, 0.2) is 0 Å². The number of hydrogen-bond donors (Lipinski definition) is 1. The van der Waals surface area contributed by atoms with Gasteiger partial charge in [0.2, 0.25) is 0 Å². The summed E-state index contributed by atoms with van der Waals surface area (Å²) in [5, 5.41) is 3.60. The number of carbonyl (C=O) groups excluding carboxylic acids is 2. The van der Waals surface area contributed by atoms with Crippen LogP contribution >= 0.6 is 11.8 Å². The number of nitrogens with one attached hydrogen (secondary N) is 1. The first-order valence-electron chi connectivity index (χ1n) is 10.2. The van der Waals surface area contributed by atoms with E-state index in [9.17, 15) is 9.59 Å². The summed E-state index contributed by atoms with van der Waals surface area (Å²) in [7, 11) is 0. The summed E-state index contributed by atoms with van der Waals surface area (Å²) in [5.41, 5.74) is 2.59. The van der Waals surface area contributed by atoms with Crippen LogP contribution in [0, 0.1) is 6.92 Å². The van der Waals surface area contributed by atoms with Crippen molar-refractivity contribution in [2.75, 3.05) is 31.5 Å². The zero-order valence-electron chi connectivity index (χ0n) is 17.4. The third kappa shape index (κ3) is 5.54. The van der Waals surface area contributed by atoms with E-state index in [1.807, 2.05) is 60.0 Å². The predicted molar refractivity (Wildman–Crippen MR) is 120 cm³/mol. The Balaban J connectivity index is 1.54. The number of benzene rings is 2. The van der Waals surface area contributed by atoms with E-state index in [0.29, 0.717) is 37.0 Å². The summed E-state index contributed by atoms with van der Waals surface area (Å²) >= 11 is 1.85. The van der Waals surface area contributed by atoms with E-state index in [1.54, 1.807) is 4.90 Å². The zero-order valence-corrected chi connectivity index (χ0v) is 18.2. The third-order valence-corrected chi connectivity index (χ3v) is 6.49. The number of carbonyl (C=O) groups is 2. The molecule has 3 rings (SSSR count). The van der Waals surface area contributed by atoms with Gasteiger partial charge in [0.05, 0.1) is 0 Å². The Bertz CT molecular complexity index is 848. The number of piperazine rings is 1. The summed E-state index contributed by atoms with van der Waals surface area (Å²) in [5.74, 6) is 0.0240. The fourth-order valence-electron chi connectivity index (χ4n) is 3.24. The molecule has 1 aliphatic rings. The molecule has 5 nitrogen and oxygen atoms in total. The lowest BCUT2D eigenvalue weighted by Gasteiger charge is -2.34. The number of hydrogen-bond acceptors (Lipinski definition) is 3. The Kier molecular flexibility index (Phi) is 7.20. The first kappa shape index (κ1) is 21.2. The van der Waals surface area contributed by atoms with Crippen molar-refractivity contribution >= 4 is 29.4 Å². The standard InChI is InChI=1S/C23H29N3O2S/c1-4-18(3)29-20-10-11-21(17(2)16-20)24-23(28)26-14-12-25(13-15-26)22(27)19-8-6-5-7-9-19/h5-11,16,18H,4,12-15H2,1-3H3,(H,24,28). The number of thioether (sulfide) groups is 1. The van der Waals surface area contributed by atoms with Gasteiger partial charge in [-0.2, -0.15) is 0 Å². The Morgan fingerprint density at radius 1 is 1.03 bits per heavy atom. The minimum atomic E-state index is -0.109. The van der Waals surface area contributed by atoms with Crippen molar-refractivity contribution in [2.45, 2.75) is 37.3 Å². The van der Waals surface area contributed by atoms with Crippen LogP contribution in [0.25, 0.3) is 0 Å². The highest BCUT2D eigenvalue weighted by Gasteiger charge is 2.25. The largest absolute Gasteiger partial charge is 0.335 e. The van der Waals surface area contributed by atoms with E-state index in [4.69, 9.17) is 0 Å². The average molecular weight is 412 g/mol. The summed E-state index contributed by atoms with van der Waals surface area (Å²) in [6, 6.07) is 15.4. The van der Waals surface area contributed by atoms with Crippen LogP contribution in [0.2, 0.25) is 0 Å². The van der Waals surface area contributed by atoms with E-state index in [0.717, 1.165) is 17.7 Å². The van der Waals surface area contributed by atoms with Gasteiger partial charge in [-0.25, -0.2) is 4.79 Å². The maximum absolute atomic E-state index is 12.7. The Morgan fingerprint density at radius 2 is 1.69 bits per heavy atom. The molecule has 154 valence electrons. The van der Waals surface area contributed by atoms with Crippen LogP contribution in [0.1, 0.15) is 36.2 Å². The van der Waals surface area contributed by atoms with Gasteiger partial charge in [0, 0.05) is 47.6 Å². The normalized spacial score (nSPS) is 15.1.